The summed E-state index contributed by atoms with van der Waals surface area (Å²) >= 11 is 3.41. The molecule has 2 rings (SSSR count). The van der Waals surface area contributed by atoms with Crippen LogP contribution in [0.25, 0.3) is 0 Å². The van der Waals surface area contributed by atoms with Crippen LogP contribution in [0.3, 0.4) is 0 Å². The van der Waals surface area contributed by atoms with Gasteiger partial charge in [0.15, 0.2) is 0 Å². The van der Waals surface area contributed by atoms with Gasteiger partial charge in [0.05, 0.1) is 5.56 Å². The van der Waals surface area contributed by atoms with Crippen LogP contribution < -0.4 is 10.1 Å². The SMILES string of the molecule is CCCc1nc(NC)c(C)c(Oc2ccc(Br)cc2)n1. The molecule has 1 N–H and O–H groups in total. The Hall–Kier alpha value is -1.62. The molecule has 0 atom stereocenters. The minimum atomic E-state index is 0.607. The molecule has 0 spiro atoms. The number of nitrogens with zero attached hydrogens (tertiary/aromatic N) is 2. The van der Waals surface area contributed by atoms with Crippen LogP contribution in [0, 0.1) is 6.92 Å². The normalized spacial score (nSPS) is 10.4. The molecule has 0 unspecified atom stereocenters. The van der Waals surface area contributed by atoms with Gasteiger partial charge in [0, 0.05) is 17.9 Å². The van der Waals surface area contributed by atoms with Crippen LogP contribution in [0.4, 0.5) is 5.82 Å². The van der Waals surface area contributed by atoms with Gasteiger partial charge in [0.1, 0.15) is 17.4 Å². The molecule has 20 heavy (non-hydrogen) atoms. The highest BCUT2D eigenvalue weighted by Gasteiger charge is 2.11. The van der Waals surface area contributed by atoms with E-state index in [-0.39, 0.29) is 0 Å². The molecule has 1 aromatic carbocycles. The van der Waals surface area contributed by atoms with Crippen molar-refractivity contribution in [2.24, 2.45) is 0 Å². The third-order valence-electron chi connectivity index (χ3n) is 2.89. The van der Waals surface area contributed by atoms with E-state index in [1.54, 1.807) is 0 Å². The number of aryl methyl sites for hydroxylation is 1. The van der Waals surface area contributed by atoms with E-state index < -0.39 is 0 Å². The van der Waals surface area contributed by atoms with E-state index in [0.717, 1.165) is 40.3 Å². The summed E-state index contributed by atoms with van der Waals surface area (Å²) in [6, 6.07) is 7.70. The molecule has 0 bridgehead atoms. The molecule has 5 heteroatoms. The first kappa shape index (κ1) is 14.8. The standard InChI is InChI=1S/C15H18BrN3O/c1-4-5-13-18-14(17-3)10(2)15(19-13)20-12-8-6-11(16)7-9-12/h6-9H,4-5H2,1-3H3,(H,17,18,19). The molecule has 106 valence electrons. The Bertz CT molecular complexity index is 584. The molecule has 0 aliphatic carbocycles. The van der Waals surface area contributed by atoms with Gasteiger partial charge in [-0.25, -0.2) is 4.98 Å². The van der Waals surface area contributed by atoms with Gasteiger partial charge >= 0.3 is 0 Å². The number of rotatable bonds is 5. The summed E-state index contributed by atoms with van der Waals surface area (Å²) in [4.78, 5) is 8.99. The lowest BCUT2D eigenvalue weighted by Crippen LogP contribution is -2.05. The molecular weight excluding hydrogens is 318 g/mol. The highest BCUT2D eigenvalue weighted by molar-refractivity contribution is 9.10. The third kappa shape index (κ3) is 3.48. The van der Waals surface area contributed by atoms with E-state index >= 15 is 0 Å². The number of halogens is 1. The molecule has 4 nitrogen and oxygen atoms in total. The van der Waals surface area contributed by atoms with Crippen molar-refractivity contribution in [3.8, 4) is 11.6 Å². The largest absolute Gasteiger partial charge is 0.439 e. The number of hydrogen-bond acceptors (Lipinski definition) is 4. The van der Waals surface area contributed by atoms with Crippen LogP contribution in [-0.4, -0.2) is 17.0 Å². The van der Waals surface area contributed by atoms with Crippen LogP contribution in [0.5, 0.6) is 11.6 Å². The first-order chi connectivity index (χ1) is 9.63. The minimum absolute atomic E-state index is 0.607. The summed E-state index contributed by atoms with van der Waals surface area (Å²) < 4.78 is 6.90. The predicted octanol–water partition coefficient (Wildman–Crippen LogP) is 4.33. The van der Waals surface area contributed by atoms with E-state index in [1.807, 2.05) is 38.2 Å². The van der Waals surface area contributed by atoms with Crippen LogP contribution >= 0.6 is 15.9 Å². The topological polar surface area (TPSA) is 47.0 Å². The van der Waals surface area contributed by atoms with Crippen LogP contribution in [0.2, 0.25) is 0 Å². The zero-order chi connectivity index (χ0) is 14.5. The van der Waals surface area contributed by atoms with E-state index in [1.165, 1.54) is 0 Å². The number of ether oxygens (including phenoxy) is 1. The lowest BCUT2D eigenvalue weighted by Gasteiger charge is -2.12. The lowest BCUT2D eigenvalue weighted by atomic mass is 10.2. The maximum Gasteiger partial charge on any atom is 0.227 e. The fraction of sp³-hybridized carbons (Fsp3) is 0.333. The molecular formula is C15H18BrN3O. The van der Waals surface area contributed by atoms with Crippen molar-refractivity contribution in [3.63, 3.8) is 0 Å². The summed E-state index contributed by atoms with van der Waals surface area (Å²) in [5.74, 6) is 2.99. The maximum atomic E-state index is 5.88. The lowest BCUT2D eigenvalue weighted by molar-refractivity contribution is 0.454. The quantitative estimate of drug-likeness (QED) is 0.883. The van der Waals surface area contributed by atoms with Gasteiger partial charge in [-0.2, -0.15) is 4.98 Å². The van der Waals surface area contributed by atoms with E-state index in [9.17, 15) is 0 Å². The zero-order valence-corrected chi connectivity index (χ0v) is 13.5. The first-order valence-corrected chi connectivity index (χ1v) is 7.42. The second-order valence-corrected chi connectivity index (χ2v) is 5.39. The average Bonchev–Trinajstić information content (AvgIpc) is 2.45. The molecule has 1 aromatic heterocycles. The predicted molar refractivity (Wildman–Crippen MR) is 84.5 cm³/mol. The first-order valence-electron chi connectivity index (χ1n) is 6.62. The van der Waals surface area contributed by atoms with Crippen molar-refractivity contribution in [3.05, 3.63) is 40.1 Å². The maximum absolute atomic E-state index is 5.88. The number of benzene rings is 1. The van der Waals surface area contributed by atoms with E-state index in [0.29, 0.717) is 5.88 Å². The van der Waals surface area contributed by atoms with Gasteiger partial charge < -0.3 is 10.1 Å². The van der Waals surface area contributed by atoms with Gasteiger partial charge in [0.2, 0.25) is 5.88 Å². The molecule has 0 fully saturated rings. The Morgan fingerprint density at radius 3 is 2.50 bits per heavy atom. The van der Waals surface area contributed by atoms with Gasteiger partial charge in [-0.1, -0.05) is 22.9 Å². The number of nitrogens with one attached hydrogen (secondary N) is 1. The summed E-state index contributed by atoms with van der Waals surface area (Å²) in [6.45, 7) is 4.06. The van der Waals surface area contributed by atoms with E-state index in [4.69, 9.17) is 4.74 Å². The monoisotopic (exact) mass is 335 g/mol. The van der Waals surface area contributed by atoms with Gasteiger partial charge in [-0.05, 0) is 37.6 Å². The molecule has 0 aliphatic heterocycles. The van der Waals surface area contributed by atoms with Crippen molar-refractivity contribution in [1.29, 1.82) is 0 Å². The molecule has 0 saturated carbocycles. The Morgan fingerprint density at radius 1 is 1.20 bits per heavy atom. The highest BCUT2D eigenvalue weighted by atomic mass is 79.9. The molecule has 2 aromatic rings. The Kier molecular flexibility index (Phi) is 4.95. The second-order valence-electron chi connectivity index (χ2n) is 4.47. The van der Waals surface area contributed by atoms with Crippen molar-refractivity contribution in [2.75, 3.05) is 12.4 Å². The van der Waals surface area contributed by atoms with Crippen LogP contribution in [0.1, 0.15) is 24.7 Å². The fourth-order valence-corrected chi connectivity index (χ4v) is 2.10. The van der Waals surface area contributed by atoms with Gasteiger partial charge in [-0.3, -0.25) is 0 Å². The van der Waals surface area contributed by atoms with Crippen molar-refractivity contribution in [2.45, 2.75) is 26.7 Å². The van der Waals surface area contributed by atoms with Gasteiger partial charge in [-0.15, -0.1) is 0 Å². The van der Waals surface area contributed by atoms with Crippen molar-refractivity contribution >= 4 is 21.7 Å². The third-order valence-corrected chi connectivity index (χ3v) is 3.41. The van der Waals surface area contributed by atoms with Crippen molar-refractivity contribution < 1.29 is 4.74 Å². The minimum Gasteiger partial charge on any atom is -0.439 e. The molecule has 0 saturated heterocycles. The second kappa shape index (κ2) is 6.70. The number of anilines is 1. The smallest absolute Gasteiger partial charge is 0.227 e. The highest BCUT2D eigenvalue weighted by Crippen LogP contribution is 2.28. The number of hydrogen-bond donors (Lipinski definition) is 1. The molecule has 0 amide bonds. The van der Waals surface area contributed by atoms with Crippen molar-refractivity contribution in [1.82, 2.24) is 9.97 Å². The van der Waals surface area contributed by atoms with Crippen LogP contribution in [-0.2, 0) is 6.42 Å². The molecule has 0 radical (unpaired) electrons. The Balaban J connectivity index is 2.33. The summed E-state index contributed by atoms with van der Waals surface area (Å²) in [7, 11) is 1.86. The summed E-state index contributed by atoms with van der Waals surface area (Å²) in [5, 5.41) is 3.09. The fourth-order valence-electron chi connectivity index (χ4n) is 1.83. The average molecular weight is 336 g/mol. The molecule has 0 aliphatic rings. The Labute approximate surface area is 127 Å². The summed E-state index contributed by atoms with van der Waals surface area (Å²) in [6.07, 6.45) is 1.84. The van der Waals surface area contributed by atoms with Gasteiger partial charge in [0.25, 0.3) is 0 Å². The Morgan fingerprint density at radius 2 is 1.90 bits per heavy atom. The zero-order valence-electron chi connectivity index (χ0n) is 11.9. The summed E-state index contributed by atoms with van der Waals surface area (Å²) in [5.41, 5.74) is 0.912. The molecule has 1 heterocycles. The number of aromatic nitrogens is 2. The van der Waals surface area contributed by atoms with E-state index in [2.05, 4.69) is 38.1 Å². The van der Waals surface area contributed by atoms with Crippen LogP contribution in [0.15, 0.2) is 28.7 Å².